The lowest BCUT2D eigenvalue weighted by Crippen LogP contribution is -2.42. The fourth-order valence-electron chi connectivity index (χ4n) is 4.16. The number of hydrogen-bond donors (Lipinski definition) is 1. The zero-order valence-corrected chi connectivity index (χ0v) is 13.6. The van der Waals surface area contributed by atoms with E-state index < -0.39 is 0 Å². The number of benzene rings is 2. The summed E-state index contributed by atoms with van der Waals surface area (Å²) >= 11 is 0. The molecule has 1 fully saturated rings. The maximum Gasteiger partial charge on any atom is 0.233 e. The third-order valence-electron chi connectivity index (χ3n) is 5.68. The van der Waals surface area contributed by atoms with Gasteiger partial charge in [-0.15, -0.1) is 0 Å². The topological polar surface area (TPSA) is 36.1 Å². The monoisotopic (exact) mass is 316 g/mol. The van der Waals surface area contributed by atoms with Crippen LogP contribution >= 0.6 is 0 Å². The molecule has 2 heterocycles. The Morgan fingerprint density at radius 2 is 1.75 bits per heavy atom. The van der Waals surface area contributed by atoms with Gasteiger partial charge in [-0.3, -0.25) is 4.79 Å². The van der Waals surface area contributed by atoms with E-state index in [1.807, 2.05) is 12.3 Å². The van der Waals surface area contributed by atoms with Gasteiger partial charge in [0.25, 0.3) is 0 Å². The maximum absolute atomic E-state index is 13.3. The molecule has 0 atom stereocenters. The largest absolute Gasteiger partial charge is 0.361 e. The van der Waals surface area contributed by atoms with Crippen LogP contribution in [0.3, 0.4) is 0 Å². The number of H-pyrrole nitrogens is 1. The van der Waals surface area contributed by atoms with Crippen LogP contribution in [-0.2, 0) is 23.2 Å². The highest BCUT2D eigenvalue weighted by molar-refractivity contribution is 5.97. The number of carbonyl (C=O) groups excluding carboxylic acids is 1. The Hall–Kier alpha value is -2.55. The molecule has 1 aromatic heterocycles. The summed E-state index contributed by atoms with van der Waals surface area (Å²) in [5.74, 6) is 0.307. The van der Waals surface area contributed by atoms with Gasteiger partial charge < -0.3 is 9.88 Å². The van der Waals surface area contributed by atoms with Crippen LogP contribution in [0.2, 0.25) is 0 Å². The lowest BCUT2D eigenvalue weighted by molar-refractivity contribution is -0.134. The number of fused-ring (bicyclic) bond motifs is 2. The minimum Gasteiger partial charge on any atom is -0.361 e. The van der Waals surface area contributed by atoms with Crippen molar-refractivity contribution in [2.45, 2.75) is 31.2 Å². The number of nitrogens with zero attached hydrogens (tertiary/aromatic N) is 1. The van der Waals surface area contributed by atoms with Crippen molar-refractivity contribution < 1.29 is 4.79 Å². The molecule has 2 aliphatic rings. The normalized spacial score (nSPS) is 18.4. The standard InChI is InChI=1S/C21H20N2O/c24-20(23-12-9-15-5-1-2-6-16(15)14-23)21(10-11-21)18-13-22-19-8-4-3-7-17(18)19/h1-8,13,22H,9-12,14H2. The van der Waals surface area contributed by atoms with Crippen LogP contribution in [0.1, 0.15) is 29.5 Å². The molecule has 3 nitrogen and oxygen atoms in total. The third-order valence-corrected chi connectivity index (χ3v) is 5.68. The second-order valence-electron chi connectivity index (χ2n) is 7.08. The molecule has 0 radical (unpaired) electrons. The molecule has 1 N–H and O–H groups in total. The molecule has 3 heteroatoms. The first kappa shape index (κ1) is 13.8. The highest BCUT2D eigenvalue weighted by atomic mass is 16.2. The molecule has 1 aliphatic heterocycles. The van der Waals surface area contributed by atoms with Gasteiger partial charge in [0.05, 0.1) is 5.41 Å². The average Bonchev–Trinajstić information content (AvgIpc) is 3.33. The van der Waals surface area contributed by atoms with Crippen LogP contribution in [-0.4, -0.2) is 22.3 Å². The smallest absolute Gasteiger partial charge is 0.233 e. The second-order valence-corrected chi connectivity index (χ2v) is 7.08. The van der Waals surface area contributed by atoms with Gasteiger partial charge in [0.1, 0.15) is 0 Å². The van der Waals surface area contributed by atoms with Crippen LogP contribution in [0, 0.1) is 0 Å². The lowest BCUT2D eigenvalue weighted by Gasteiger charge is -2.32. The molecule has 1 amide bonds. The highest BCUT2D eigenvalue weighted by Crippen LogP contribution is 2.52. The first-order valence-corrected chi connectivity index (χ1v) is 8.71. The molecule has 1 aliphatic carbocycles. The quantitative estimate of drug-likeness (QED) is 0.767. The Morgan fingerprint density at radius 3 is 2.58 bits per heavy atom. The number of aromatic nitrogens is 1. The van der Waals surface area contributed by atoms with Gasteiger partial charge in [0.2, 0.25) is 5.91 Å². The summed E-state index contributed by atoms with van der Waals surface area (Å²) in [5.41, 5.74) is 4.69. The molecule has 0 unspecified atom stereocenters. The molecular weight excluding hydrogens is 296 g/mol. The van der Waals surface area contributed by atoms with E-state index in [1.165, 1.54) is 22.1 Å². The Labute approximate surface area is 141 Å². The van der Waals surface area contributed by atoms with Crippen molar-refractivity contribution in [3.05, 3.63) is 71.4 Å². The van der Waals surface area contributed by atoms with Crippen molar-refractivity contribution >= 4 is 16.8 Å². The zero-order valence-electron chi connectivity index (χ0n) is 13.6. The van der Waals surface area contributed by atoms with E-state index in [-0.39, 0.29) is 5.41 Å². The number of para-hydroxylation sites is 1. The summed E-state index contributed by atoms with van der Waals surface area (Å²) in [6, 6.07) is 16.8. The van der Waals surface area contributed by atoms with Gasteiger partial charge in [-0.2, -0.15) is 0 Å². The molecule has 120 valence electrons. The number of hydrogen-bond acceptors (Lipinski definition) is 1. The minimum absolute atomic E-state index is 0.300. The van der Waals surface area contributed by atoms with Gasteiger partial charge in [0, 0.05) is 30.2 Å². The maximum atomic E-state index is 13.3. The van der Waals surface area contributed by atoms with E-state index in [0.717, 1.165) is 37.9 Å². The summed E-state index contributed by atoms with van der Waals surface area (Å²) in [5, 5.41) is 1.20. The van der Waals surface area contributed by atoms with Gasteiger partial charge >= 0.3 is 0 Å². The first-order valence-electron chi connectivity index (χ1n) is 8.71. The number of carbonyl (C=O) groups is 1. The summed E-state index contributed by atoms with van der Waals surface area (Å²) in [7, 11) is 0. The Balaban J connectivity index is 1.49. The van der Waals surface area contributed by atoms with E-state index >= 15 is 0 Å². The number of nitrogens with one attached hydrogen (secondary N) is 1. The molecule has 0 spiro atoms. The Morgan fingerprint density at radius 1 is 1.00 bits per heavy atom. The van der Waals surface area contributed by atoms with Crippen molar-refractivity contribution in [1.29, 1.82) is 0 Å². The first-order chi connectivity index (χ1) is 11.8. The fraction of sp³-hybridized carbons (Fsp3) is 0.286. The fourth-order valence-corrected chi connectivity index (χ4v) is 4.16. The molecule has 1 saturated carbocycles. The van der Waals surface area contributed by atoms with Crippen molar-refractivity contribution in [2.75, 3.05) is 6.54 Å². The summed E-state index contributed by atoms with van der Waals surface area (Å²) < 4.78 is 0. The highest BCUT2D eigenvalue weighted by Gasteiger charge is 2.54. The van der Waals surface area contributed by atoms with E-state index in [4.69, 9.17) is 0 Å². The number of rotatable bonds is 2. The molecule has 0 bridgehead atoms. The summed E-state index contributed by atoms with van der Waals surface area (Å²) in [4.78, 5) is 18.7. The predicted octanol–water partition coefficient (Wildman–Crippen LogP) is 3.78. The van der Waals surface area contributed by atoms with Crippen LogP contribution in [0.5, 0.6) is 0 Å². The van der Waals surface area contributed by atoms with Crippen molar-refractivity contribution in [1.82, 2.24) is 9.88 Å². The van der Waals surface area contributed by atoms with Crippen LogP contribution < -0.4 is 0 Å². The van der Waals surface area contributed by atoms with E-state index in [9.17, 15) is 4.79 Å². The second kappa shape index (κ2) is 4.97. The van der Waals surface area contributed by atoms with Gasteiger partial charge in [-0.1, -0.05) is 42.5 Å². The van der Waals surface area contributed by atoms with E-state index in [0.29, 0.717) is 5.91 Å². The molecule has 0 saturated heterocycles. The van der Waals surface area contributed by atoms with Gasteiger partial charge in [0.15, 0.2) is 0 Å². The SMILES string of the molecule is O=C(N1CCc2ccccc2C1)C1(c2c[nH]c3ccccc23)CC1. The molecule has 2 aromatic carbocycles. The Bertz CT molecular complexity index is 936. The predicted molar refractivity (Wildman–Crippen MR) is 94.8 cm³/mol. The summed E-state index contributed by atoms with van der Waals surface area (Å²) in [6.45, 7) is 1.58. The number of aromatic amines is 1. The average molecular weight is 316 g/mol. The van der Waals surface area contributed by atoms with Gasteiger partial charge in [-0.05, 0) is 42.0 Å². The van der Waals surface area contributed by atoms with E-state index in [2.05, 4.69) is 52.3 Å². The van der Waals surface area contributed by atoms with Crippen molar-refractivity contribution in [3.63, 3.8) is 0 Å². The third kappa shape index (κ3) is 1.94. The molecule has 3 aromatic rings. The number of amides is 1. The Kier molecular flexibility index (Phi) is 2.87. The zero-order chi connectivity index (χ0) is 16.1. The summed E-state index contributed by atoms with van der Waals surface area (Å²) in [6.07, 6.45) is 4.94. The van der Waals surface area contributed by atoms with E-state index in [1.54, 1.807) is 0 Å². The van der Waals surface area contributed by atoms with Gasteiger partial charge in [-0.25, -0.2) is 0 Å². The van der Waals surface area contributed by atoms with Crippen molar-refractivity contribution in [3.8, 4) is 0 Å². The van der Waals surface area contributed by atoms with Crippen LogP contribution in [0.4, 0.5) is 0 Å². The molecular formula is C21H20N2O. The molecule has 24 heavy (non-hydrogen) atoms. The lowest BCUT2D eigenvalue weighted by atomic mass is 9.92. The van der Waals surface area contributed by atoms with Crippen LogP contribution in [0.25, 0.3) is 10.9 Å². The van der Waals surface area contributed by atoms with Crippen LogP contribution in [0.15, 0.2) is 54.7 Å². The minimum atomic E-state index is -0.300. The molecule has 5 rings (SSSR count). The van der Waals surface area contributed by atoms with Crippen molar-refractivity contribution in [2.24, 2.45) is 0 Å².